The molecule has 94 valence electrons. The smallest absolute Gasteiger partial charge is 0.126 e. The van der Waals surface area contributed by atoms with E-state index in [1.165, 1.54) is 5.56 Å². The van der Waals surface area contributed by atoms with Crippen molar-refractivity contribution in [2.75, 3.05) is 27.3 Å². The lowest BCUT2D eigenvalue weighted by atomic mass is 9.81. The van der Waals surface area contributed by atoms with Crippen LogP contribution in [0.25, 0.3) is 0 Å². The Labute approximate surface area is 103 Å². The van der Waals surface area contributed by atoms with Crippen LogP contribution in [-0.4, -0.2) is 27.3 Å². The van der Waals surface area contributed by atoms with Crippen LogP contribution in [0.5, 0.6) is 11.5 Å². The molecule has 3 nitrogen and oxygen atoms in total. The highest BCUT2D eigenvalue weighted by molar-refractivity contribution is 5.47. The fourth-order valence-corrected chi connectivity index (χ4v) is 2.69. The zero-order valence-electron chi connectivity index (χ0n) is 10.8. The second kappa shape index (κ2) is 5.41. The lowest BCUT2D eigenvalue weighted by Crippen LogP contribution is -2.34. The molecule has 1 N–H and O–H groups in total. The summed E-state index contributed by atoms with van der Waals surface area (Å²) in [7, 11) is 3.45. The van der Waals surface area contributed by atoms with Gasteiger partial charge >= 0.3 is 0 Å². The highest BCUT2D eigenvalue weighted by Crippen LogP contribution is 2.41. The molecule has 1 fully saturated rings. The van der Waals surface area contributed by atoms with E-state index in [0.717, 1.165) is 31.0 Å². The van der Waals surface area contributed by atoms with Gasteiger partial charge in [0, 0.05) is 5.56 Å². The summed E-state index contributed by atoms with van der Waals surface area (Å²) in [5, 5.41) is 3.43. The van der Waals surface area contributed by atoms with E-state index < -0.39 is 0 Å². The lowest BCUT2D eigenvalue weighted by Gasteiger charge is -2.31. The average Bonchev–Trinajstić information content (AvgIpc) is 2.38. The molecule has 17 heavy (non-hydrogen) atoms. The highest BCUT2D eigenvalue weighted by Gasteiger charge is 2.28. The minimum Gasteiger partial charge on any atom is -0.496 e. The van der Waals surface area contributed by atoms with E-state index in [0.29, 0.717) is 11.8 Å². The van der Waals surface area contributed by atoms with Crippen molar-refractivity contribution < 1.29 is 9.47 Å². The molecule has 0 bridgehead atoms. The SMILES string of the molecule is COc1cccc(OC)c1C1CCNCC1C. The summed E-state index contributed by atoms with van der Waals surface area (Å²) in [6.07, 6.45) is 1.14. The van der Waals surface area contributed by atoms with Crippen LogP contribution in [0.3, 0.4) is 0 Å². The van der Waals surface area contributed by atoms with Crippen molar-refractivity contribution in [3.63, 3.8) is 0 Å². The van der Waals surface area contributed by atoms with Crippen LogP contribution in [-0.2, 0) is 0 Å². The third-order valence-corrected chi connectivity index (χ3v) is 3.62. The first-order chi connectivity index (χ1) is 8.27. The van der Waals surface area contributed by atoms with Gasteiger partial charge in [0.15, 0.2) is 0 Å². The van der Waals surface area contributed by atoms with E-state index in [2.05, 4.69) is 12.2 Å². The first-order valence-corrected chi connectivity index (χ1v) is 6.19. The van der Waals surface area contributed by atoms with Crippen molar-refractivity contribution in [1.82, 2.24) is 5.32 Å². The largest absolute Gasteiger partial charge is 0.496 e. The lowest BCUT2D eigenvalue weighted by molar-refractivity contribution is 0.318. The van der Waals surface area contributed by atoms with Crippen LogP contribution in [0.1, 0.15) is 24.8 Å². The number of nitrogens with one attached hydrogen (secondary N) is 1. The molecular weight excluding hydrogens is 214 g/mol. The van der Waals surface area contributed by atoms with Gasteiger partial charge in [0.05, 0.1) is 14.2 Å². The quantitative estimate of drug-likeness (QED) is 0.872. The van der Waals surface area contributed by atoms with Crippen molar-refractivity contribution in [1.29, 1.82) is 0 Å². The number of methoxy groups -OCH3 is 2. The van der Waals surface area contributed by atoms with Gasteiger partial charge in [0.2, 0.25) is 0 Å². The summed E-state index contributed by atoms with van der Waals surface area (Å²) in [5.41, 5.74) is 1.23. The average molecular weight is 235 g/mol. The maximum Gasteiger partial charge on any atom is 0.126 e. The first-order valence-electron chi connectivity index (χ1n) is 6.19. The number of rotatable bonds is 3. The van der Waals surface area contributed by atoms with E-state index >= 15 is 0 Å². The van der Waals surface area contributed by atoms with Gasteiger partial charge < -0.3 is 14.8 Å². The molecule has 0 aliphatic carbocycles. The Morgan fingerprint density at radius 3 is 2.35 bits per heavy atom. The molecular formula is C14H21NO2. The molecule has 0 amide bonds. The predicted octanol–water partition coefficient (Wildman–Crippen LogP) is 2.42. The maximum atomic E-state index is 5.49. The van der Waals surface area contributed by atoms with Gasteiger partial charge in [0.25, 0.3) is 0 Å². The molecule has 1 aliphatic heterocycles. The third kappa shape index (κ3) is 2.39. The Morgan fingerprint density at radius 1 is 1.18 bits per heavy atom. The highest BCUT2D eigenvalue weighted by atomic mass is 16.5. The number of benzene rings is 1. The summed E-state index contributed by atoms with van der Waals surface area (Å²) >= 11 is 0. The van der Waals surface area contributed by atoms with Gasteiger partial charge in [-0.15, -0.1) is 0 Å². The second-order valence-corrected chi connectivity index (χ2v) is 4.65. The molecule has 0 radical (unpaired) electrons. The molecule has 3 heteroatoms. The molecule has 2 rings (SSSR count). The Balaban J connectivity index is 2.40. The number of ether oxygens (including phenoxy) is 2. The number of hydrogen-bond donors (Lipinski definition) is 1. The maximum absolute atomic E-state index is 5.49. The zero-order chi connectivity index (χ0) is 12.3. The molecule has 0 spiro atoms. The normalized spacial score (nSPS) is 24.4. The molecule has 1 heterocycles. The van der Waals surface area contributed by atoms with E-state index in [1.807, 2.05) is 18.2 Å². The van der Waals surface area contributed by atoms with Crippen molar-refractivity contribution in [2.45, 2.75) is 19.3 Å². The molecule has 2 atom stereocenters. The van der Waals surface area contributed by atoms with Crippen LogP contribution in [0, 0.1) is 5.92 Å². The van der Waals surface area contributed by atoms with Gasteiger partial charge in [-0.25, -0.2) is 0 Å². The summed E-state index contributed by atoms with van der Waals surface area (Å²) in [6, 6.07) is 6.02. The molecule has 1 aliphatic rings. The van der Waals surface area contributed by atoms with Crippen LogP contribution in [0.4, 0.5) is 0 Å². The molecule has 1 aromatic carbocycles. The molecule has 0 saturated carbocycles. The first kappa shape index (κ1) is 12.2. The van der Waals surface area contributed by atoms with Crippen molar-refractivity contribution in [2.24, 2.45) is 5.92 Å². The Morgan fingerprint density at radius 2 is 1.82 bits per heavy atom. The summed E-state index contributed by atoms with van der Waals surface area (Å²) in [6.45, 7) is 4.41. The van der Waals surface area contributed by atoms with Gasteiger partial charge in [-0.05, 0) is 43.5 Å². The fourth-order valence-electron chi connectivity index (χ4n) is 2.69. The van der Waals surface area contributed by atoms with Gasteiger partial charge in [-0.1, -0.05) is 13.0 Å². The van der Waals surface area contributed by atoms with Crippen LogP contribution >= 0.6 is 0 Å². The van der Waals surface area contributed by atoms with Crippen LogP contribution < -0.4 is 14.8 Å². The standard InChI is InChI=1S/C14H21NO2/c1-10-9-15-8-7-11(10)14-12(16-2)5-4-6-13(14)17-3/h4-6,10-11,15H,7-9H2,1-3H3. The second-order valence-electron chi connectivity index (χ2n) is 4.65. The molecule has 1 aromatic rings. The van der Waals surface area contributed by atoms with Gasteiger partial charge in [-0.2, -0.15) is 0 Å². The molecule has 1 saturated heterocycles. The van der Waals surface area contributed by atoms with Crippen LogP contribution in [0.2, 0.25) is 0 Å². The molecule has 0 aromatic heterocycles. The number of piperidine rings is 1. The summed E-state index contributed by atoms with van der Waals surface area (Å²) in [5.74, 6) is 3.02. The summed E-state index contributed by atoms with van der Waals surface area (Å²) < 4.78 is 11.0. The van der Waals surface area contributed by atoms with Gasteiger partial charge in [-0.3, -0.25) is 0 Å². The van der Waals surface area contributed by atoms with Crippen molar-refractivity contribution in [3.05, 3.63) is 23.8 Å². The van der Waals surface area contributed by atoms with E-state index in [-0.39, 0.29) is 0 Å². The third-order valence-electron chi connectivity index (χ3n) is 3.62. The van der Waals surface area contributed by atoms with E-state index in [1.54, 1.807) is 14.2 Å². The Hall–Kier alpha value is -1.22. The molecule has 2 unspecified atom stereocenters. The minimum atomic E-state index is 0.516. The number of hydrogen-bond acceptors (Lipinski definition) is 3. The van der Waals surface area contributed by atoms with Crippen molar-refractivity contribution >= 4 is 0 Å². The van der Waals surface area contributed by atoms with Gasteiger partial charge in [0.1, 0.15) is 11.5 Å². The minimum absolute atomic E-state index is 0.516. The zero-order valence-corrected chi connectivity index (χ0v) is 10.8. The van der Waals surface area contributed by atoms with E-state index in [4.69, 9.17) is 9.47 Å². The van der Waals surface area contributed by atoms with Crippen LogP contribution in [0.15, 0.2) is 18.2 Å². The Kier molecular flexibility index (Phi) is 3.89. The predicted molar refractivity (Wildman–Crippen MR) is 68.9 cm³/mol. The topological polar surface area (TPSA) is 30.5 Å². The monoisotopic (exact) mass is 235 g/mol. The Bertz CT molecular complexity index is 356. The fraction of sp³-hybridized carbons (Fsp3) is 0.571. The van der Waals surface area contributed by atoms with Crippen molar-refractivity contribution in [3.8, 4) is 11.5 Å². The van der Waals surface area contributed by atoms with E-state index in [9.17, 15) is 0 Å². The summed E-state index contributed by atoms with van der Waals surface area (Å²) in [4.78, 5) is 0.